The van der Waals surface area contributed by atoms with E-state index in [2.05, 4.69) is 42.5 Å². The van der Waals surface area contributed by atoms with E-state index in [4.69, 9.17) is 0 Å². The molecule has 0 aliphatic carbocycles. The number of aromatic nitrogens is 5. The number of nitriles is 1. The van der Waals surface area contributed by atoms with Gasteiger partial charge in [0.2, 0.25) is 5.16 Å². The summed E-state index contributed by atoms with van der Waals surface area (Å²) in [5, 5.41) is 21.8. The Bertz CT molecular complexity index is 897. The van der Waals surface area contributed by atoms with Gasteiger partial charge in [0.05, 0.1) is 16.9 Å². The summed E-state index contributed by atoms with van der Waals surface area (Å²) >= 11 is 4.76. The fraction of sp³-hybridized carbons (Fsp3) is 0.133. The molecule has 3 rings (SSSR count). The molecule has 0 radical (unpaired) electrons. The largest absolute Gasteiger partial charge is 0.257 e. The number of aryl methyl sites for hydroxylation is 2. The molecule has 0 amide bonds. The van der Waals surface area contributed by atoms with Crippen LogP contribution in [-0.2, 0) is 0 Å². The van der Waals surface area contributed by atoms with Crippen LogP contribution < -0.4 is 0 Å². The maximum atomic E-state index is 9.37. The SMILES string of the molecule is Cc1cc(Sc2nnnn2-c2ccc(Br)cc2)c(C#N)c(C)n1. The Morgan fingerprint density at radius 2 is 1.96 bits per heavy atom. The van der Waals surface area contributed by atoms with Crippen LogP contribution in [0.3, 0.4) is 0 Å². The molecule has 0 fully saturated rings. The quantitative estimate of drug-likeness (QED) is 0.685. The van der Waals surface area contributed by atoms with Crippen molar-refractivity contribution in [2.45, 2.75) is 23.9 Å². The van der Waals surface area contributed by atoms with E-state index >= 15 is 0 Å². The van der Waals surface area contributed by atoms with Crippen LogP contribution in [0.15, 0.2) is 44.9 Å². The van der Waals surface area contributed by atoms with Crippen molar-refractivity contribution in [3.63, 3.8) is 0 Å². The first-order valence-electron chi connectivity index (χ1n) is 6.69. The number of halogens is 1. The van der Waals surface area contributed by atoms with Crippen LogP contribution in [0, 0.1) is 25.2 Å². The van der Waals surface area contributed by atoms with Crippen molar-refractivity contribution in [2.24, 2.45) is 0 Å². The summed E-state index contributed by atoms with van der Waals surface area (Å²) in [6.45, 7) is 3.73. The third-order valence-corrected chi connectivity index (χ3v) is 4.63. The molecule has 114 valence electrons. The number of rotatable bonds is 3. The first-order chi connectivity index (χ1) is 11.1. The highest BCUT2D eigenvalue weighted by Crippen LogP contribution is 2.31. The lowest BCUT2D eigenvalue weighted by atomic mass is 10.2. The maximum absolute atomic E-state index is 9.37. The number of pyridine rings is 1. The first-order valence-corrected chi connectivity index (χ1v) is 8.30. The monoisotopic (exact) mass is 386 g/mol. The van der Waals surface area contributed by atoms with Gasteiger partial charge in [-0.1, -0.05) is 15.9 Å². The molecule has 0 bridgehead atoms. The normalized spacial score (nSPS) is 10.5. The van der Waals surface area contributed by atoms with Gasteiger partial charge in [0, 0.05) is 15.1 Å². The predicted octanol–water partition coefficient (Wildman–Crippen LogP) is 3.46. The van der Waals surface area contributed by atoms with E-state index in [0.29, 0.717) is 16.4 Å². The number of tetrazole rings is 1. The molecule has 0 unspecified atom stereocenters. The highest BCUT2D eigenvalue weighted by molar-refractivity contribution is 9.10. The van der Waals surface area contributed by atoms with Crippen molar-refractivity contribution in [3.8, 4) is 11.8 Å². The number of benzene rings is 1. The van der Waals surface area contributed by atoms with Gasteiger partial charge in [-0.15, -0.1) is 5.10 Å². The van der Waals surface area contributed by atoms with Crippen LogP contribution in [-0.4, -0.2) is 25.2 Å². The molecule has 1 aromatic carbocycles. The van der Waals surface area contributed by atoms with Gasteiger partial charge in [-0.25, -0.2) is 0 Å². The Morgan fingerprint density at radius 3 is 2.65 bits per heavy atom. The molecule has 0 saturated heterocycles. The Labute approximate surface area is 145 Å². The third-order valence-electron chi connectivity index (χ3n) is 3.12. The van der Waals surface area contributed by atoms with Gasteiger partial charge in [-0.3, -0.25) is 4.98 Å². The molecule has 6 nitrogen and oxygen atoms in total. The Balaban J connectivity index is 2.02. The highest BCUT2D eigenvalue weighted by Gasteiger charge is 2.15. The second-order valence-corrected chi connectivity index (χ2v) is 6.71. The van der Waals surface area contributed by atoms with Crippen LogP contribution in [0.5, 0.6) is 0 Å². The number of hydrogen-bond donors (Lipinski definition) is 0. The molecule has 0 atom stereocenters. The van der Waals surface area contributed by atoms with Crippen molar-refractivity contribution in [1.29, 1.82) is 5.26 Å². The summed E-state index contributed by atoms with van der Waals surface area (Å²) in [5.74, 6) is 0. The van der Waals surface area contributed by atoms with Crippen LogP contribution in [0.25, 0.3) is 5.69 Å². The van der Waals surface area contributed by atoms with Crippen molar-refractivity contribution in [1.82, 2.24) is 25.2 Å². The van der Waals surface area contributed by atoms with Gasteiger partial charge in [0.1, 0.15) is 6.07 Å². The van der Waals surface area contributed by atoms with E-state index in [0.717, 1.165) is 20.7 Å². The zero-order valence-electron chi connectivity index (χ0n) is 12.4. The molecule has 0 aliphatic heterocycles. The summed E-state index contributed by atoms with van der Waals surface area (Å²) in [4.78, 5) is 5.12. The fourth-order valence-corrected chi connectivity index (χ4v) is 3.39. The van der Waals surface area contributed by atoms with Gasteiger partial charge in [-0.2, -0.15) is 9.94 Å². The molecular formula is C15H11BrN6S. The summed E-state index contributed by atoms with van der Waals surface area (Å²) in [6.07, 6.45) is 0. The smallest absolute Gasteiger partial charge is 0.218 e. The molecule has 8 heteroatoms. The van der Waals surface area contributed by atoms with Gasteiger partial charge in [-0.05, 0) is 66.4 Å². The molecule has 23 heavy (non-hydrogen) atoms. The van der Waals surface area contributed by atoms with E-state index in [1.807, 2.05) is 44.2 Å². The summed E-state index contributed by atoms with van der Waals surface area (Å²) in [6, 6.07) is 11.8. The van der Waals surface area contributed by atoms with Gasteiger partial charge in [0.15, 0.2) is 0 Å². The number of nitrogens with zero attached hydrogens (tertiary/aromatic N) is 6. The van der Waals surface area contributed by atoms with Crippen molar-refractivity contribution in [2.75, 3.05) is 0 Å². The van der Waals surface area contributed by atoms with E-state index in [1.165, 1.54) is 11.8 Å². The topological polar surface area (TPSA) is 80.3 Å². The molecule has 2 aromatic heterocycles. The molecule has 0 spiro atoms. The number of hydrogen-bond acceptors (Lipinski definition) is 6. The lowest BCUT2D eigenvalue weighted by Gasteiger charge is -2.08. The van der Waals surface area contributed by atoms with E-state index in [9.17, 15) is 5.26 Å². The Morgan fingerprint density at radius 1 is 1.22 bits per heavy atom. The predicted molar refractivity (Wildman–Crippen MR) is 89.4 cm³/mol. The second-order valence-electron chi connectivity index (χ2n) is 4.79. The minimum absolute atomic E-state index is 0.547. The van der Waals surface area contributed by atoms with Gasteiger partial charge in [0.25, 0.3) is 0 Å². The zero-order valence-corrected chi connectivity index (χ0v) is 14.8. The molecule has 0 aliphatic rings. The molecule has 0 saturated carbocycles. The Kier molecular flexibility index (Phi) is 4.41. The van der Waals surface area contributed by atoms with Gasteiger partial charge < -0.3 is 0 Å². The maximum Gasteiger partial charge on any atom is 0.218 e. The van der Waals surface area contributed by atoms with Crippen LogP contribution in [0.2, 0.25) is 0 Å². The summed E-state index contributed by atoms with van der Waals surface area (Å²) in [5.41, 5.74) is 2.96. The summed E-state index contributed by atoms with van der Waals surface area (Å²) < 4.78 is 2.62. The average molecular weight is 387 g/mol. The van der Waals surface area contributed by atoms with Crippen molar-refractivity contribution < 1.29 is 0 Å². The lowest BCUT2D eigenvalue weighted by molar-refractivity contribution is 0.756. The molecule has 0 N–H and O–H groups in total. The minimum atomic E-state index is 0.547. The van der Waals surface area contributed by atoms with E-state index in [1.54, 1.807) is 4.68 Å². The van der Waals surface area contributed by atoms with E-state index < -0.39 is 0 Å². The average Bonchev–Trinajstić information content (AvgIpc) is 2.96. The standard InChI is InChI=1S/C15H11BrN6S/c1-9-7-14(13(8-17)10(2)18-9)23-15-19-20-21-22(15)12-5-3-11(16)4-6-12/h3-7H,1-2H3. The highest BCUT2D eigenvalue weighted by atomic mass is 79.9. The zero-order chi connectivity index (χ0) is 16.4. The fourth-order valence-electron chi connectivity index (χ4n) is 2.09. The molecule has 3 aromatic rings. The molecular weight excluding hydrogens is 376 g/mol. The lowest BCUT2D eigenvalue weighted by Crippen LogP contribution is -2.00. The minimum Gasteiger partial charge on any atom is -0.257 e. The molecule has 2 heterocycles. The third kappa shape index (κ3) is 3.25. The van der Waals surface area contributed by atoms with E-state index in [-0.39, 0.29) is 0 Å². The van der Waals surface area contributed by atoms with Crippen LogP contribution >= 0.6 is 27.7 Å². The van der Waals surface area contributed by atoms with Crippen molar-refractivity contribution >= 4 is 27.7 Å². The van der Waals surface area contributed by atoms with Crippen molar-refractivity contribution in [3.05, 3.63) is 51.8 Å². The summed E-state index contributed by atoms with van der Waals surface area (Å²) in [7, 11) is 0. The first kappa shape index (κ1) is 15.6. The van der Waals surface area contributed by atoms with Gasteiger partial charge >= 0.3 is 0 Å². The Hall–Kier alpha value is -2.24. The van der Waals surface area contributed by atoms with Crippen LogP contribution in [0.4, 0.5) is 0 Å². The second kappa shape index (κ2) is 6.48. The van der Waals surface area contributed by atoms with Crippen LogP contribution in [0.1, 0.15) is 17.0 Å².